The number of benzene rings is 3. The zero-order chi connectivity index (χ0) is 22.7. The maximum absolute atomic E-state index is 12.9. The summed E-state index contributed by atoms with van der Waals surface area (Å²) >= 11 is 3.35. The van der Waals surface area contributed by atoms with E-state index in [0.717, 1.165) is 15.6 Å². The monoisotopic (exact) mass is 492 g/mol. The molecular weight excluding hydrogens is 472 g/mol. The Hall–Kier alpha value is -3.38. The summed E-state index contributed by atoms with van der Waals surface area (Å²) in [6.07, 6.45) is 1.68. The molecule has 0 unspecified atom stereocenters. The molecule has 0 spiro atoms. The Labute approximate surface area is 194 Å². The van der Waals surface area contributed by atoms with E-state index in [1.807, 2.05) is 50.2 Å². The van der Waals surface area contributed by atoms with Crippen LogP contribution >= 0.6 is 15.9 Å². The zero-order valence-corrected chi connectivity index (χ0v) is 19.3. The number of carbonyl (C=O) groups is 2. The minimum atomic E-state index is -0.193. The van der Waals surface area contributed by atoms with Crippen LogP contribution < -0.4 is 14.2 Å². The van der Waals surface area contributed by atoms with E-state index < -0.39 is 0 Å². The number of ether oxygens (including phenoxy) is 3. The van der Waals surface area contributed by atoms with Gasteiger partial charge >= 0.3 is 0 Å². The molecule has 0 N–H and O–H groups in total. The SMILES string of the molecule is CCOc1ccccc1/C=C1\Oc2cc(OCC(=O)c3ccc(Br)cc3)cc(C)c2C1=O. The minimum absolute atomic E-state index is 0.113. The van der Waals surface area contributed by atoms with Gasteiger partial charge in [-0.2, -0.15) is 0 Å². The van der Waals surface area contributed by atoms with Crippen molar-refractivity contribution in [3.8, 4) is 17.2 Å². The quantitative estimate of drug-likeness (QED) is 0.297. The minimum Gasteiger partial charge on any atom is -0.493 e. The van der Waals surface area contributed by atoms with Gasteiger partial charge in [0.2, 0.25) is 5.78 Å². The van der Waals surface area contributed by atoms with E-state index in [9.17, 15) is 9.59 Å². The van der Waals surface area contributed by atoms with E-state index in [2.05, 4.69) is 15.9 Å². The number of rotatable bonds is 7. The molecule has 1 aliphatic rings. The molecule has 0 atom stereocenters. The second-order valence-corrected chi connectivity index (χ2v) is 8.16. The molecule has 1 aliphatic heterocycles. The first-order valence-corrected chi connectivity index (χ1v) is 11.0. The van der Waals surface area contributed by atoms with E-state index in [0.29, 0.717) is 35.0 Å². The molecule has 0 saturated carbocycles. The van der Waals surface area contributed by atoms with Crippen LogP contribution in [0.15, 0.2) is 70.9 Å². The lowest BCUT2D eigenvalue weighted by Gasteiger charge is -2.09. The van der Waals surface area contributed by atoms with Gasteiger partial charge < -0.3 is 14.2 Å². The number of para-hydroxylation sites is 1. The van der Waals surface area contributed by atoms with Crippen molar-refractivity contribution in [2.45, 2.75) is 13.8 Å². The molecule has 3 aromatic rings. The first-order chi connectivity index (χ1) is 15.5. The average molecular weight is 493 g/mol. The standard InChI is InChI=1S/C26H21BrO5/c1-3-30-22-7-5-4-6-18(22)13-24-26(29)25-16(2)12-20(14-23(25)32-24)31-15-21(28)17-8-10-19(27)11-9-17/h4-14H,3,15H2,1-2H3/b24-13-. The predicted molar refractivity (Wildman–Crippen MR) is 126 cm³/mol. The van der Waals surface area contributed by atoms with Crippen molar-refractivity contribution in [3.63, 3.8) is 0 Å². The summed E-state index contributed by atoms with van der Waals surface area (Å²) in [5.74, 6) is 1.46. The van der Waals surface area contributed by atoms with Gasteiger partial charge in [0.1, 0.15) is 17.2 Å². The molecule has 5 nitrogen and oxygen atoms in total. The number of hydrogen-bond acceptors (Lipinski definition) is 5. The number of carbonyl (C=O) groups excluding carboxylic acids is 2. The topological polar surface area (TPSA) is 61.8 Å². The molecule has 3 aromatic carbocycles. The number of hydrogen-bond donors (Lipinski definition) is 0. The van der Waals surface area contributed by atoms with E-state index in [1.165, 1.54) is 0 Å². The number of allylic oxidation sites excluding steroid dienone is 1. The first kappa shape index (κ1) is 21.8. The molecule has 162 valence electrons. The molecular formula is C26H21BrO5. The third-order valence-corrected chi connectivity index (χ3v) is 5.51. The van der Waals surface area contributed by atoms with Crippen molar-refractivity contribution >= 4 is 33.6 Å². The van der Waals surface area contributed by atoms with Gasteiger partial charge in [-0.05, 0) is 49.8 Å². The molecule has 32 heavy (non-hydrogen) atoms. The summed E-state index contributed by atoms with van der Waals surface area (Å²) in [5.41, 5.74) is 2.55. The predicted octanol–water partition coefficient (Wildman–Crippen LogP) is 6.03. The highest BCUT2D eigenvalue weighted by atomic mass is 79.9. The van der Waals surface area contributed by atoms with Gasteiger partial charge in [-0.25, -0.2) is 0 Å². The molecule has 0 fully saturated rings. The maximum atomic E-state index is 12.9. The molecule has 0 aromatic heterocycles. The Kier molecular flexibility index (Phi) is 6.42. The van der Waals surface area contributed by atoms with Crippen molar-refractivity contribution < 1.29 is 23.8 Å². The molecule has 4 rings (SSSR count). The van der Waals surface area contributed by atoms with E-state index in [4.69, 9.17) is 14.2 Å². The summed E-state index contributed by atoms with van der Waals surface area (Å²) in [6.45, 7) is 4.14. The van der Waals surface area contributed by atoms with Crippen LogP contribution in [0.1, 0.15) is 38.8 Å². The fourth-order valence-corrected chi connectivity index (χ4v) is 3.72. The average Bonchev–Trinajstić information content (AvgIpc) is 3.09. The van der Waals surface area contributed by atoms with Crippen LogP contribution in [0, 0.1) is 6.92 Å². The summed E-state index contributed by atoms with van der Waals surface area (Å²) in [4.78, 5) is 25.3. The summed E-state index contributed by atoms with van der Waals surface area (Å²) in [6, 6.07) is 18.0. The second kappa shape index (κ2) is 9.40. The third-order valence-electron chi connectivity index (χ3n) is 4.99. The van der Waals surface area contributed by atoms with E-state index in [1.54, 1.807) is 30.3 Å². The zero-order valence-electron chi connectivity index (χ0n) is 17.7. The summed E-state index contributed by atoms with van der Waals surface area (Å²) in [5, 5.41) is 0. The van der Waals surface area contributed by atoms with Crippen LogP contribution in [0.5, 0.6) is 17.2 Å². The van der Waals surface area contributed by atoms with Gasteiger partial charge in [0.05, 0.1) is 12.2 Å². The third kappa shape index (κ3) is 4.60. The highest BCUT2D eigenvalue weighted by Crippen LogP contribution is 2.38. The smallest absolute Gasteiger partial charge is 0.232 e. The van der Waals surface area contributed by atoms with Crippen molar-refractivity contribution in [2.75, 3.05) is 13.2 Å². The van der Waals surface area contributed by atoms with Crippen LogP contribution in [0.3, 0.4) is 0 Å². The summed E-state index contributed by atoms with van der Waals surface area (Å²) < 4.78 is 18.1. The normalized spacial score (nSPS) is 13.6. The number of fused-ring (bicyclic) bond motifs is 1. The number of ketones is 2. The van der Waals surface area contributed by atoms with Gasteiger partial charge in [0, 0.05) is 21.7 Å². The van der Waals surface area contributed by atoms with Gasteiger partial charge in [-0.1, -0.05) is 46.3 Å². The Morgan fingerprint density at radius 1 is 1.06 bits per heavy atom. The lowest BCUT2D eigenvalue weighted by Crippen LogP contribution is -2.11. The lowest BCUT2D eigenvalue weighted by atomic mass is 10.0. The van der Waals surface area contributed by atoms with Crippen LogP contribution in [0.25, 0.3) is 6.08 Å². The highest BCUT2D eigenvalue weighted by molar-refractivity contribution is 9.10. The Balaban J connectivity index is 1.53. The molecule has 0 bridgehead atoms. The molecule has 0 saturated heterocycles. The van der Waals surface area contributed by atoms with Gasteiger partial charge in [0.25, 0.3) is 0 Å². The maximum Gasteiger partial charge on any atom is 0.232 e. The van der Waals surface area contributed by atoms with Gasteiger partial charge in [-0.15, -0.1) is 0 Å². The number of aryl methyl sites for hydroxylation is 1. The molecule has 0 aliphatic carbocycles. The number of halogens is 1. The molecule has 0 radical (unpaired) electrons. The number of Topliss-reactive ketones (excluding diaryl/α,β-unsaturated/α-hetero) is 2. The Morgan fingerprint density at radius 3 is 2.56 bits per heavy atom. The van der Waals surface area contributed by atoms with Crippen LogP contribution in [0.2, 0.25) is 0 Å². The highest BCUT2D eigenvalue weighted by Gasteiger charge is 2.30. The van der Waals surface area contributed by atoms with Crippen molar-refractivity contribution in [1.29, 1.82) is 0 Å². The molecule has 0 amide bonds. The Bertz CT molecular complexity index is 1210. The fourth-order valence-electron chi connectivity index (χ4n) is 3.46. The van der Waals surface area contributed by atoms with Crippen LogP contribution in [-0.4, -0.2) is 24.8 Å². The molecule has 6 heteroatoms. The largest absolute Gasteiger partial charge is 0.493 e. The van der Waals surface area contributed by atoms with Crippen LogP contribution in [-0.2, 0) is 0 Å². The lowest BCUT2D eigenvalue weighted by molar-refractivity contribution is 0.0920. The van der Waals surface area contributed by atoms with E-state index >= 15 is 0 Å². The first-order valence-electron chi connectivity index (χ1n) is 10.2. The second-order valence-electron chi connectivity index (χ2n) is 7.24. The fraction of sp³-hybridized carbons (Fsp3) is 0.154. The Morgan fingerprint density at radius 2 is 1.81 bits per heavy atom. The van der Waals surface area contributed by atoms with Crippen molar-refractivity contribution in [2.24, 2.45) is 0 Å². The van der Waals surface area contributed by atoms with Crippen molar-refractivity contribution in [3.05, 3.63) is 93.1 Å². The summed E-state index contributed by atoms with van der Waals surface area (Å²) in [7, 11) is 0. The van der Waals surface area contributed by atoms with Crippen molar-refractivity contribution in [1.82, 2.24) is 0 Å². The van der Waals surface area contributed by atoms with Crippen LogP contribution in [0.4, 0.5) is 0 Å². The molecule has 1 heterocycles. The van der Waals surface area contributed by atoms with Gasteiger partial charge in [0.15, 0.2) is 18.1 Å². The van der Waals surface area contributed by atoms with E-state index in [-0.39, 0.29) is 23.9 Å². The van der Waals surface area contributed by atoms with Gasteiger partial charge in [-0.3, -0.25) is 9.59 Å².